The van der Waals surface area contributed by atoms with Crippen molar-refractivity contribution >= 4 is 0 Å². The summed E-state index contributed by atoms with van der Waals surface area (Å²) in [6.07, 6.45) is 6.91. The van der Waals surface area contributed by atoms with E-state index in [1.54, 1.807) is 0 Å². The lowest BCUT2D eigenvalue weighted by molar-refractivity contribution is -0.104. The predicted octanol–water partition coefficient (Wildman–Crippen LogP) is 1.97. The van der Waals surface area contributed by atoms with Crippen molar-refractivity contribution in [1.29, 1.82) is 0 Å². The van der Waals surface area contributed by atoms with Crippen LogP contribution in [-0.2, 0) is 4.74 Å². The molecular formula is C8H14O. The fraction of sp³-hybridized carbons (Fsp3) is 1.00. The fourth-order valence-corrected chi connectivity index (χ4v) is 2.43. The van der Waals surface area contributed by atoms with E-state index in [2.05, 4.69) is 0 Å². The van der Waals surface area contributed by atoms with Gasteiger partial charge < -0.3 is 4.74 Å². The van der Waals surface area contributed by atoms with Crippen molar-refractivity contribution < 1.29 is 4.74 Å². The molecule has 2 fully saturated rings. The first-order valence-electron chi connectivity index (χ1n) is 3.92. The summed E-state index contributed by atoms with van der Waals surface area (Å²) < 4.78 is 5.50. The maximum atomic E-state index is 5.50. The zero-order valence-corrected chi connectivity index (χ0v) is 6.02. The molecule has 2 atom stereocenters. The lowest BCUT2D eigenvalue weighted by Gasteiger charge is -2.43. The van der Waals surface area contributed by atoms with Gasteiger partial charge in [0.05, 0.1) is 5.60 Å². The average Bonchev–Trinajstić information content (AvgIpc) is 2.10. The van der Waals surface area contributed by atoms with Crippen LogP contribution < -0.4 is 0 Å². The molecule has 1 nitrogen and oxygen atoms in total. The van der Waals surface area contributed by atoms with Crippen LogP contribution in [0, 0.1) is 5.92 Å². The lowest BCUT2D eigenvalue weighted by Crippen LogP contribution is -2.44. The standard InChI is InChI=1S/C8H14O/c1-9-8-5-2-3-7(8)4-6-8/h7H,2-6H2,1H3. The lowest BCUT2D eigenvalue weighted by atomic mass is 9.72. The Bertz CT molecular complexity index is 118. The molecule has 0 aromatic rings. The minimum atomic E-state index is 0.375. The summed E-state index contributed by atoms with van der Waals surface area (Å²) in [5, 5.41) is 0. The quantitative estimate of drug-likeness (QED) is 0.522. The summed E-state index contributed by atoms with van der Waals surface area (Å²) in [6, 6.07) is 0. The summed E-state index contributed by atoms with van der Waals surface area (Å²) in [6.45, 7) is 0. The molecule has 2 saturated carbocycles. The van der Waals surface area contributed by atoms with Crippen LogP contribution in [0.5, 0.6) is 0 Å². The van der Waals surface area contributed by atoms with Gasteiger partial charge in [0.1, 0.15) is 0 Å². The van der Waals surface area contributed by atoms with Gasteiger partial charge in [0.15, 0.2) is 0 Å². The Kier molecular flexibility index (Phi) is 1.10. The van der Waals surface area contributed by atoms with Gasteiger partial charge in [-0.2, -0.15) is 0 Å². The molecule has 52 valence electrons. The van der Waals surface area contributed by atoms with Crippen molar-refractivity contribution in [3.05, 3.63) is 0 Å². The molecule has 0 N–H and O–H groups in total. The van der Waals surface area contributed by atoms with Crippen molar-refractivity contribution in [1.82, 2.24) is 0 Å². The average molecular weight is 126 g/mol. The molecule has 2 aliphatic carbocycles. The zero-order valence-electron chi connectivity index (χ0n) is 6.02. The van der Waals surface area contributed by atoms with Gasteiger partial charge in [0.2, 0.25) is 0 Å². The molecule has 0 heterocycles. The molecule has 0 aromatic heterocycles. The van der Waals surface area contributed by atoms with Crippen LogP contribution >= 0.6 is 0 Å². The highest BCUT2D eigenvalue weighted by molar-refractivity contribution is 5.01. The van der Waals surface area contributed by atoms with Crippen LogP contribution in [0.2, 0.25) is 0 Å². The summed E-state index contributed by atoms with van der Waals surface area (Å²) in [5.74, 6) is 0.933. The highest BCUT2D eigenvalue weighted by atomic mass is 16.5. The van der Waals surface area contributed by atoms with Gasteiger partial charge in [-0.15, -0.1) is 0 Å². The van der Waals surface area contributed by atoms with Crippen molar-refractivity contribution in [3.63, 3.8) is 0 Å². The van der Waals surface area contributed by atoms with E-state index in [9.17, 15) is 0 Å². The van der Waals surface area contributed by atoms with E-state index in [-0.39, 0.29) is 0 Å². The van der Waals surface area contributed by atoms with Gasteiger partial charge in [0, 0.05) is 7.11 Å². The molecule has 0 saturated heterocycles. The minimum absolute atomic E-state index is 0.375. The molecule has 2 rings (SSSR count). The van der Waals surface area contributed by atoms with E-state index in [4.69, 9.17) is 4.74 Å². The van der Waals surface area contributed by atoms with Crippen molar-refractivity contribution in [2.45, 2.75) is 37.7 Å². The molecule has 0 spiro atoms. The topological polar surface area (TPSA) is 9.23 Å². The van der Waals surface area contributed by atoms with Crippen LogP contribution in [0.15, 0.2) is 0 Å². The molecule has 0 aromatic carbocycles. The fourth-order valence-electron chi connectivity index (χ4n) is 2.43. The van der Waals surface area contributed by atoms with E-state index >= 15 is 0 Å². The highest BCUT2D eigenvalue weighted by Crippen LogP contribution is 2.52. The number of hydrogen-bond acceptors (Lipinski definition) is 1. The molecule has 2 unspecified atom stereocenters. The predicted molar refractivity (Wildman–Crippen MR) is 36.3 cm³/mol. The first-order chi connectivity index (χ1) is 4.37. The monoisotopic (exact) mass is 126 g/mol. The van der Waals surface area contributed by atoms with Gasteiger partial charge >= 0.3 is 0 Å². The van der Waals surface area contributed by atoms with E-state index in [0.29, 0.717) is 5.60 Å². The van der Waals surface area contributed by atoms with E-state index < -0.39 is 0 Å². The molecule has 0 amide bonds. The Labute approximate surface area is 56.4 Å². The molecular weight excluding hydrogens is 112 g/mol. The van der Waals surface area contributed by atoms with Gasteiger partial charge in [-0.05, 0) is 31.6 Å². The van der Waals surface area contributed by atoms with E-state index in [1.807, 2.05) is 7.11 Å². The highest BCUT2D eigenvalue weighted by Gasteiger charge is 2.49. The molecule has 1 heteroatoms. The first kappa shape index (κ1) is 5.72. The van der Waals surface area contributed by atoms with Crippen LogP contribution in [-0.4, -0.2) is 12.7 Å². The number of ether oxygens (including phenoxy) is 1. The molecule has 0 aliphatic heterocycles. The van der Waals surface area contributed by atoms with Crippen LogP contribution in [0.1, 0.15) is 32.1 Å². The maximum Gasteiger partial charge on any atom is 0.0706 e. The third kappa shape index (κ3) is 0.586. The van der Waals surface area contributed by atoms with E-state index in [0.717, 1.165) is 5.92 Å². The normalized spacial score (nSPS) is 48.3. The summed E-state index contributed by atoms with van der Waals surface area (Å²) >= 11 is 0. The zero-order chi connectivity index (χ0) is 6.32. The summed E-state index contributed by atoms with van der Waals surface area (Å²) in [7, 11) is 1.87. The number of rotatable bonds is 1. The minimum Gasteiger partial charge on any atom is -0.378 e. The Morgan fingerprint density at radius 3 is 2.56 bits per heavy atom. The van der Waals surface area contributed by atoms with Gasteiger partial charge in [-0.1, -0.05) is 6.42 Å². The second kappa shape index (κ2) is 1.72. The maximum absolute atomic E-state index is 5.50. The molecule has 9 heavy (non-hydrogen) atoms. The number of hydrogen-bond donors (Lipinski definition) is 0. The van der Waals surface area contributed by atoms with Gasteiger partial charge in [0.25, 0.3) is 0 Å². The third-order valence-corrected chi connectivity index (χ3v) is 3.22. The Hall–Kier alpha value is -0.0400. The Morgan fingerprint density at radius 2 is 2.22 bits per heavy atom. The summed E-state index contributed by atoms with van der Waals surface area (Å²) in [5.41, 5.74) is 0.375. The SMILES string of the molecule is COC12CCCC1CC2. The van der Waals surface area contributed by atoms with Crippen LogP contribution in [0.3, 0.4) is 0 Å². The second-order valence-corrected chi connectivity index (χ2v) is 3.40. The van der Waals surface area contributed by atoms with Crippen molar-refractivity contribution in [2.75, 3.05) is 7.11 Å². The van der Waals surface area contributed by atoms with Crippen molar-refractivity contribution in [2.24, 2.45) is 5.92 Å². The summed E-state index contributed by atoms with van der Waals surface area (Å²) in [4.78, 5) is 0. The van der Waals surface area contributed by atoms with Gasteiger partial charge in [-0.3, -0.25) is 0 Å². The first-order valence-corrected chi connectivity index (χ1v) is 3.92. The third-order valence-electron chi connectivity index (χ3n) is 3.22. The second-order valence-electron chi connectivity index (χ2n) is 3.40. The smallest absolute Gasteiger partial charge is 0.0706 e. The van der Waals surface area contributed by atoms with Gasteiger partial charge in [-0.25, -0.2) is 0 Å². The molecule has 0 radical (unpaired) electrons. The van der Waals surface area contributed by atoms with E-state index in [1.165, 1.54) is 32.1 Å². The van der Waals surface area contributed by atoms with Crippen molar-refractivity contribution in [3.8, 4) is 0 Å². The number of methoxy groups -OCH3 is 1. The Balaban J connectivity index is 2.10. The molecule has 0 bridgehead atoms. The largest absolute Gasteiger partial charge is 0.378 e. The van der Waals surface area contributed by atoms with Crippen LogP contribution in [0.4, 0.5) is 0 Å². The number of fused-ring (bicyclic) bond motifs is 1. The van der Waals surface area contributed by atoms with Crippen LogP contribution in [0.25, 0.3) is 0 Å². The molecule has 2 aliphatic rings. The Morgan fingerprint density at radius 1 is 1.33 bits per heavy atom.